The van der Waals surface area contributed by atoms with Gasteiger partial charge in [-0.05, 0) is 19.1 Å². The number of nitrogens with one attached hydrogen (secondary N) is 1. The molecule has 0 bridgehead atoms. The normalized spacial score (nSPS) is 10.7. The van der Waals surface area contributed by atoms with Gasteiger partial charge in [-0.15, -0.1) is 0 Å². The molecule has 0 saturated heterocycles. The van der Waals surface area contributed by atoms with Crippen molar-refractivity contribution in [2.45, 2.75) is 13.3 Å². The molecule has 0 aliphatic heterocycles. The van der Waals surface area contributed by atoms with Crippen molar-refractivity contribution in [1.82, 2.24) is 4.98 Å². The number of nitrogens with two attached hydrogens (primary N) is 1. The highest BCUT2D eigenvalue weighted by molar-refractivity contribution is 5.99. The van der Waals surface area contributed by atoms with E-state index in [1.54, 1.807) is 19.1 Å². The molecule has 5 nitrogen and oxygen atoms in total. The molecule has 0 unspecified atom stereocenters. The SMILES string of the molecule is Cc1ccc(C(=N)N)c(N(CCO)CC(F)F)n1. The van der Waals surface area contributed by atoms with Gasteiger partial charge in [-0.2, -0.15) is 0 Å². The third-order valence-corrected chi connectivity index (χ3v) is 2.33. The zero-order valence-corrected chi connectivity index (χ0v) is 10.0. The number of hydrogen-bond donors (Lipinski definition) is 3. The molecule has 0 fully saturated rings. The topological polar surface area (TPSA) is 86.2 Å². The number of nitrogen functional groups attached to an aromatic ring is 1. The molecule has 4 N–H and O–H groups in total. The molecule has 7 heteroatoms. The Morgan fingerprint density at radius 1 is 1.56 bits per heavy atom. The van der Waals surface area contributed by atoms with Crippen LogP contribution in [-0.4, -0.2) is 42.0 Å². The van der Waals surface area contributed by atoms with E-state index in [2.05, 4.69) is 4.98 Å². The number of alkyl halides is 2. The Morgan fingerprint density at radius 3 is 2.72 bits per heavy atom. The van der Waals surface area contributed by atoms with E-state index in [-0.39, 0.29) is 30.4 Å². The van der Waals surface area contributed by atoms with Crippen LogP contribution in [0.15, 0.2) is 12.1 Å². The Bertz CT molecular complexity index is 426. The molecular formula is C11H16F2N4O. The average Bonchev–Trinajstić information content (AvgIpc) is 2.27. The lowest BCUT2D eigenvalue weighted by Gasteiger charge is -2.24. The van der Waals surface area contributed by atoms with Crippen LogP contribution >= 0.6 is 0 Å². The Kier molecular flexibility index (Phi) is 4.96. The fourth-order valence-corrected chi connectivity index (χ4v) is 1.57. The summed E-state index contributed by atoms with van der Waals surface area (Å²) in [5.41, 5.74) is 6.31. The number of aryl methyl sites for hydroxylation is 1. The molecule has 0 radical (unpaired) electrons. The maximum atomic E-state index is 12.5. The number of rotatable bonds is 6. The summed E-state index contributed by atoms with van der Waals surface area (Å²) in [6, 6.07) is 3.22. The third-order valence-electron chi connectivity index (χ3n) is 2.33. The lowest BCUT2D eigenvalue weighted by Crippen LogP contribution is -2.34. The lowest BCUT2D eigenvalue weighted by atomic mass is 10.2. The summed E-state index contributed by atoms with van der Waals surface area (Å²) in [5, 5.41) is 16.3. The average molecular weight is 258 g/mol. The van der Waals surface area contributed by atoms with E-state index < -0.39 is 13.0 Å². The van der Waals surface area contributed by atoms with Crippen LogP contribution in [0.25, 0.3) is 0 Å². The van der Waals surface area contributed by atoms with Crippen molar-refractivity contribution in [3.8, 4) is 0 Å². The number of anilines is 1. The number of nitrogens with zero attached hydrogens (tertiary/aromatic N) is 2. The minimum Gasteiger partial charge on any atom is -0.395 e. The fourth-order valence-electron chi connectivity index (χ4n) is 1.57. The second kappa shape index (κ2) is 6.25. The number of aromatic nitrogens is 1. The van der Waals surface area contributed by atoms with Gasteiger partial charge in [-0.25, -0.2) is 13.8 Å². The highest BCUT2D eigenvalue weighted by Gasteiger charge is 2.18. The van der Waals surface area contributed by atoms with Crippen molar-refractivity contribution in [2.24, 2.45) is 5.73 Å². The van der Waals surface area contributed by atoms with Crippen LogP contribution in [0.4, 0.5) is 14.6 Å². The first-order chi connectivity index (χ1) is 8.45. The molecular weight excluding hydrogens is 242 g/mol. The van der Waals surface area contributed by atoms with E-state index in [1.807, 2.05) is 0 Å². The van der Waals surface area contributed by atoms with Gasteiger partial charge in [0, 0.05) is 12.2 Å². The van der Waals surface area contributed by atoms with Gasteiger partial charge in [0.1, 0.15) is 11.7 Å². The Hall–Kier alpha value is -1.76. The Balaban J connectivity index is 3.15. The molecule has 0 amide bonds. The minimum atomic E-state index is -2.56. The van der Waals surface area contributed by atoms with Crippen LogP contribution < -0.4 is 10.6 Å². The molecule has 0 aliphatic carbocycles. The third kappa shape index (κ3) is 3.63. The molecule has 18 heavy (non-hydrogen) atoms. The van der Waals surface area contributed by atoms with Crippen molar-refractivity contribution in [1.29, 1.82) is 5.41 Å². The van der Waals surface area contributed by atoms with Crippen LogP contribution in [0.5, 0.6) is 0 Å². The summed E-state index contributed by atoms with van der Waals surface area (Å²) in [4.78, 5) is 5.36. The highest BCUT2D eigenvalue weighted by atomic mass is 19.3. The van der Waals surface area contributed by atoms with E-state index in [0.29, 0.717) is 5.69 Å². The highest BCUT2D eigenvalue weighted by Crippen LogP contribution is 2.19. The van der Waals surface area contributed by atoms with Crippen LogP contribution in [-0.2, 0) is 0 Å². The Labute approximate surface area is 104 Å². The summed E-state index contributed by atoms with van der Waals surface area (Å²) in [5.74, 6) is -0.0356. The van der Waals surface area contributed by atoms with E-state index in [1.165, 1.54) is 4.90 Å². The first-order valence-electron chi connectivity index (χ1n) is 5.41. The van der Waals surface area contributed by atoms with E-state index in [0.717, 1.165) is 0 Å². The summed E-state index contributed by atoms with van der Waals surface area (Å²) in [7, 11) is 0. The molecule has 0 saturated carbocycles. The van der Waals surface area contributed by atoms with Crippen molar-refractivity contribution in [3.05, 3.63) is 23.4 Å². The summed E-state index contributed by atoms with van der Waals surface area (Å²) >= 11 is 0. The molecule has 1 aromatic heterocycles. The second-order valence-corrected chi connectivity index (χ2v) is 3.80. The quantitative estimate of drug-likeness (QED) is 0.519. The van der Waals surface area contributed by atoms with E-state index >= 15 is 0 Å². The number of halogens is 2. The molecule has 100 valence electrons. The predicted molar refractivity (Wildman–Crippen MR) is 65.3 cm³/mol. The van der Waals surface area contributed by atoms with Crippen LogP contribution in [0, 0.1) is 12.3 Å². The summed E-state index contributed by atoms with van der Waals surface area (Å²) in [6.07, 6.45) is -2.56. The van der Waals surface area contributed by atoms with Crippen molar-refractivity contribution in [3.63, 3.8) is 0 Å². The molecule has 0 aromatic carbocycles. The smallest absolute Gasteiger partial charge is 0.255 e. The van der Waals surface area contributed by atoms with Gasteiger partial charge in [-0.1, -0.05) is 0 Å². The first kappa shape index (κ1) is 14.3. The predicted octanol–water partition coefficient (Wildman–Crippen LogP) is 0.738. The zero-order valence-electron chi connectivity index (χ0n) is 10.0. The van der Waals surface area contributed by atoms with Gasteiger partial charge in [0.15, 0.2) is 0 Å². The number of aliphatic hydroxyl groups is 1. The van der Waals surface area contributed by atoms with Crippen molar-refractivity contribution in [2.75, 3.05) is 24.6 Å². The number of amidine groups is 1. The molecule has 0 atom stereocenters. The maximum absolute atomic E-state index is 12.5. The standard InChI is InChI=1S/C11H16F2N4O/c1-7-2-3-8(10(14)15)11(16-7)17(4-5-18)6-9(12)13/h2-3,9,18H,4-6H2,1H3,(H3,14,15). The van der Waals surface area contributed by atoms with E-state index in [4.69, 9.17) is 16.2 Å². The molecule has 0 aliphatic rings. The van der Waals surface area contributed by atoms with Crippen LogP contribution in [0.2, 0.25) is 0 Å². The molecule has 1 heterocycles. The van der Waals surface area contributed by atoms with Crippen molar-refractivity contribution >= 4 is 11.7 Å². The number of hydrogen-bond acceptors (Lipinski definition) is 4. The monoisotopic (exact) mass is 258 g/mol. The van der Waals surface area contributed by atoms with E-state index in [9.17, 15) is 8.78 Å². The lowest BCUT2D eigenvalue weighted by molar-refractivity contribution is 0.152. The van der Waals surface area contributed by atoms with Crippen LogP contribution in [0.1, 0.15) is 11.3 Å². The van der Waals surface area contributed by atoms with Gasteiger partial charge >= 0.3 is 0 Å². The zero-order chi connectivity index (χ0) is 13.7. The van der Waals surface area contributed by atoms with Crippen molar-refractivity contribution < 1.29 is 13.9 Å². The van der Waals surface area contributed by atoms with Gasteiger partial charge in [0.25, 0.3) is 6.43 Å². The maximum Gasteiger partial charge on any atom is 0.255 e. The van der Waals surface area contributed by atoms with Gasteiger partial charge in [0.2, 0.25) is 0 Å². The first-order valence-corrected chi connectivity index (χ1v) is 5.41. The number of aliphatic hydroxyl groups excluding tert-OH is 1. The van der Waals surface area contributed by atoms with Gasteiger partial charge in [-0.3, -0.25) is 5.41 Å². The molecule has 1 rings (SSSR count). The second-order valence-electron chi connectivity index (χ2n) is 3.80. The van der Waals surface area contributed by atoms with Gasteiger partial charge < -0.3 is 15.7 Å². The molecule has 1 aromatic rings. The van der Waals surface area contributed by atoms with Crippen LogP contribution in [0.3, 0.4) is 0 Å². The molecule has 0 spiro atoms. The van der Waals surface area contributed by atoms with Gasteiger partial charge in [0.05, 0.1) is 18.7 Å². The fraction of sp³-hybridized carbons (Fsp3) is 0.455. The largest absolute Gasteiger partial charge is 0.395 e. The summed E-state index contributed by atoms with van der Waals surface area (Å²) < 4.78 is 25.0. The Morgan fingerprint density at radius 2 is 2.22 bits per heavy atom. The number of pyridine rings is 1. The summed E-state index contributed by atoms with van der Waals surface area (Å²) in [6.45, 7) is 0.894. The minimum absolute atomic E-state index is 0.0150.